The van der Waals surface area contributed by atoms with Gasteiger partial charge in [-0.1, -0.05) is 0 Å². The number of fused-ring (bicyclic) bond motifs is 1. The lowest BCUT2D eigenvalue weighted by atomic mass is 9.89. The van der Waals surface area contributed by atoms with E-state index >= 15 is 0 Å². The van der Waals surface area contributed by atoms with Crippen LogP contribution < -0.4 is 15.8 Å². The van der Waals surface area contributed by atoms with Gasteiger partial charge in [-0.05, 0) is 56.4 Å². The molecule has 0 bridgehead atoms. The van der Waals surface area contributed by atoms with Crippen LogP contribution >= 0.6 is 12.4 Å². The predicted molar refractivity (Wildman–Crippen MR) is 137 cm³/mol. The zero-order valence-electron chi connectivity index (χ0n) is 21.0. The van der Waals surface area contributed by atoms with Crippen LogP contribution in [-0.4, -0.2) is 63.9 Å². The van der Waals surface area contributed by atoms with Crippen LogP contribution in [0.4, 0.5) is 18.9 Å². The number of carbonyl (C=O) groups is 1. The van der Waals surface area contributed by atoms with Crippen LogP contribution in [-0.2, 0) is 4.74 Å². The number of ether oxygens (including phenoxy) is 2. The first kappa shape index (κ1) is 27.9. The first-order valence-corrected chi connectivity index (χ1v) is 12.2. The fraction of sp³-hybridized carbons (Fsp3) is 0.480. The van der Waals surface area contributed by atoms with Gasteiger partial charge < -0.3 is 30.4 Å². The Hall–Kier alpha value is -3.09. The van der Waals surface area contributed by atoms with Gasteiger partial charge in [0, 0.05) is 44.1 Å². The minimum Gasteiger partial charge on any atom is -0.406 e. The number of carbonyl (C=O) groups excluding carboxylic acids is 1. The molecule has 206 valence electrons. The molecular weight excluding hydrogens is 525 g/mol. The van der Waals surface area contributed by atoms with Gasteiger partial charge in [-0.15, -0.1) is 25.6 Å². The fourth-order valence-corrected chi connectivity index (χ4v) is 5.06. The molecule has 0 saturated carbocycles. The number of pyridine rings is 1. The molecule has 0 radical (unpaired) electrons. The highest BCUT2D eigenvalue weighted by Crippen LogP contribution is 2.34. The third kappa shape index (κ3) is 5.97. The Balaban J connectivity index is 0.00000336. The van der Waals surface area contributed by atoms with Crippen molar-refractivity contribution in [2.75, 3.05) is 31.9 Å². The van der Waals surface area contributed by atoms with Crippen LogP contribution in [0.2, 0.25) is 0 Å². The largest absolute Gasteiger partial charge is 0.573 e. The quantitative estimate of drug-likeness (QED) is 0.411. The molecule has 4 heterocycles. The SMILES string of the molecule is CC1(C)CNC[C@H](c2nc3nccc(C4CCN(C(=O)c5ccc(OC(F)(F)F)cc5N)CC4)c3[nH]2)O1.Cl. The first-order valence-electron chi connectivity index (χ1n) is 12.2. The Kier molecular flexibility index (Phi) is 7.78. The van der Waals surface area contributed by atoms with Crippen LogP contribution in [0.3, 0.4) is 0 Å². The van der Waals surface area contributed by atoms with E-state index in [2.05, 4.69) is 25.0 Å². The highest BCUT2D eigenvalue weighted by molar-refractivity contribution is 5.99. The van der Waals surface area contributed by atoms with Crippen molar-refractivity contribution in [1.29, 1.82) is 0 Å². The number of anilines is 1. The van der Waals surface area contributed by atoms with Gasteiger partial charge in [0.05, 0.1) is 16.7 Å². The number of piperidine rings is 1. The number of aromatic amines is 1. The summed E-state index contributed by atoms with van der Waals surface area (Å²) in [4.78, 5) is 27.3. The molecule has 1 aromatic carbocycles. The molecule has 3 aromatic rings. The zero-order valence-corrected chi connectivity index (χ0v) is 21.8. The molecule has 2 aromatic heterocycles. The Bertz CT molecular complexity index is 1310. The summed E-state index contributed by atoms with van der Waals surface area (Å²) in [5, 5.41) is 3.38. The third-order valence-electron chi connectivity index (χ3n) is 6.80. The molecule has 2 fully saturated rings. The van der Waals surface area contributed by atoms with Gasteiger partial charge in [-0.25, -0.2) is 9.97 Å². The number of hydrogen-bond donors (Lipinski definition) is 3. The lowest BCUT2D eigenvalue weighted by Crippen LogP contribution is -2.47. The van der Waals surface area contributed by atoms with Crippen LogP contribution in [0.15, 0.2) is 30.5 Å². The van der Waals surface area contributed by atoms with Crippen LogP contribution in [0, 0.1) is 0 Å². The molecule has 0 spiro atoms. The number of hydrogen-bond acceptors (Lipinski definition) is 7. The average Bonchev–Trinajstić information content (AvgIpc) is 3.27. The molecule has 2 aliphatic rings. The number of nitrogens with two attached hydrogens (primary N) is 1. The number of likely N-dealkylation sites (tertiary alicyclic amines) is 1. The molecule has 2 aliphatic heterocycles. The number of halogens is 4. The topological polar surface area (TPSA) is 118 Å². The van der Waals surface area contributed by atoms with Crippen molar-refractivity contribution in [2.24, 2.45) is 0 Å². The lowest BCUT2D eigenvalue weighted by molar-refractivity contribution is -0.274. The third-order valence-corrected chi connectivity index (χ3v) is 6.80. The highest BCUT2D eigenvalue weighted by Gasteiger charge is 2.33. The Morgan fingerprint density at radius 1 is 1.24 bits per heavy atom. The monoisotopic (exact) mass is 554 g/mol. The van der Waals surface area contributed by atoms with Gasteiger partial charge in [-0.3, -0.25) is 4.79 Å². The summed E-state index contributed by atoms with van der Waals surface area (Å²) < 4.78 is 47.5. The molecule has 38 heavy (non-hydrogen) atoms. The number of nitrogens with one attached hydrogen (secondary N) is 2. The second-order valence-electron chi connectivity index (χ2n) is 10.1. The second-order valence-corrected chi connectivity index (χ2v) is 10.1. The van der Waals surface area contributed by atoms with Crippen molar-refractivity contribution in [3.63, 3.8) is 0 Å². The number of rotatable bonds is 4. The van der Waals surface area contributed by atoms with Gasteiger partial charge in [-0.2, -0.15) is 0 Å². The number of nitrogens with zero attached hydrogens (tertiary/aromatic N) is 3. The molecule has 1 amide bonds. The Morgan fingerprint density at radius 3 is 2.63 bits per heavy atom. The van der Waals surface area contributed by atoms with Gasteiger partial charge in [0.15, 0.2) is 5.65 Å². The van der Waals surface area contributed by atoms with Crippen LogP contribution in [0.1, 0.15) is 60.5 Å². The number of morpholine rings is 1. The van der Waals surface area contributed by atoms with E-state index in [1.807, 2.05) is 19.9 Å². The molecule has 0 aliphatic carbocycles. The maximum Gasteiger partial charge on any atom is 0.573 e. The maximum atomic E-state index is 13.0. The van der Waals surface area contributed by atoms with Gasteiger partial charge in [0.25, 0.3) is 5.91 Å². The van der Waals surface area contributed by atoms with Gasteiger partial charge in [0.2, 0.25) is 0 Å². The van der Waals surface area contributed by atoms with E-state index in [9.17, 15) is 18.0 Å². The van der Waals surface area contributed by atoms with E-state index in [1.165, 1.54) is 6.07 Å². The molecule has 4 N–H and O–H groups in total. The number of amides is 1. The van der Waals surface area contributed by atoms with Crippen molar-refractivity contribution in [3.05, 3.63) is 47.4 Å². The number of aromatic nitrogens is 3. The smallest absolute Gasteiger partial charge is 0.406 e. The highest BCUT2D eigenvalue weighted by atomic mass is 35.5. The first-order chi connectivity index (χ1) is 17.5. The van der Waals surface area contributed by atoms with Crippen molar-refractivity contribution in [1.82, 2.24) is 25.2 Å². The Labute approximate surface area is 223 Å². The summed E-state index contributed by atoms with van der Waals surface area (Å²) in [5.41, 5.74) is 8.27. The van der Waals surface area contributed by atoms with E-state index in [0.29, 0.717) is 38.1 Å². The maximum absolute atomic E-state index is 13.0. The number of benzene rings is 1. The standard InChI is InChI=1S/C25H29F3N6O3.ClH/c1-24(2)13-30-12-19(37-24)21-32-20-16(5-8-31-22(20)33-21)14-6-9-34(10-7-14)23(35)17-4-3-15(11-18(17)29)36-25(26,27)28;/h3-5,8,11,14,19,30H,6-7,9-10,12-13,29H2,1-2H3,(H,31,32,33);1H/t19-;/m1./s1. The summed E-state index contributed by atoms with van der Waals surface area (Å²) in [5.74, 6) is 0.141. The summed E-state index contributed by atoms with van der Waals surface area (Å²) in [6, 6.07) is 5.37. The van der Waals surface area contributed by atoms with E-state index < -0.39 is 12.1 Å². The minimum atomic E-state index is -4.83. The zero-order chi connectivity index (χ0) is 26.4. The second kappa shape index (κ2) is 10.6. The summed E-state index contributed by atoms with van der Waals surface area (Å²) in [7, 11) is 0. The van der Waals surface area contributed by atoms with Crippen molar-refractivity contribution < 1.29 is 27.4 Å². The molecule has 1 atom stereocenters. The number of alkyl halides is 3. The molecule has 0 unspecified atom stereocenters. The Morgan fingerprint density at radius 2 is 1.97 bits per heavy atom. The van der Waals surface area contributed by atoms with Crippen LogP contribution in [0.25, 0.3) is 11.2 Å². The molecule has 2 saturated heterocycles. The number of nitrogen functional groups attached to an aromatic ring is 1. The van der Waals surface area contributed by atoms with Crippen molar-refractivity contribution in [2.45, 2.75) is 50.7 Å². The predicted octanol–water partition coefficient (Wildman–Crippen LogP) is 4.32. The molecule has 9 nitrogen and oxygen atoms in total. The van der Waals surface area contributed by atoms with Gasteiger partial charge >= 0.3 is 6.36 Å². The fourth-order valence-electron chi connectivity index (χ4n) is 5.06. The van der Waals surface area contributed by atoms with Crippen LogP contribution in [0.5, 0.6) is 5.75 Å². The lowest BCUT2D eigenvalue weighted by Gasteiger charge is -2.35. The van der Waals surface area contributed by atoms with Crippen molar-refractivity contribution >= 4 is 35.2 Å². The summed E-state index contributed by atoms with van der Waals surface area (Å²) >= 11 is 0. The van der Waals surface area contributed by atoms with E-state index in [0.717, 1.165) is 35.6 Å². The molecule has 5 rings (SSSR count). The molecule has 13 heteroatoms. The van der Waals surface area contributed by atoms with E-state index in [1.54, 1.807) is 11.1 Å². The molecular formula is C25H30ClF3N6O3. The summed E-state index contributed by atoms with van der Waals surface area (Å²) in [6.07, 6.45) is -1.87. The van der Waals surface area contributed by atoms with Gasteiger partial charge in [0.1, 0.15) is 17.7 Å². The van der Waals surface area contributed by atoms with E-state index in [4.69, 9.17) is 10.5 Å². The minimum absolute atomic E-state index is 0. The number of H-pyrrole nitrogens is 1. The normalized spacial score (nSPS) is 20.2. The summed E-state index contributed by atoms with van der Waals surface area (Å²) in [6.45, 7) is 6.46. The van der Waals surface area contributed by atoms with Crippen molar-refractivity contribution in [3.8, 4) is 5.75 Å². The van der Waals surface area contributed by atoms with E-state index in [-0.39, 0.29) is 47.2 Å². The number of imidazole rings is 1. The average molecular weight is 555 g/mol.